The second-order valence-corrected chi connectivity index (χ2v) is 7.90. The molecule has 0 bridgehead atoms. The molecule has 0 aliphatic heterocycles. The quantitative estimate of drug-likeness (QED) is 0.487. The minimum absolute atomic E-state index is 0.156. The van der Waals surface area contributed by atoms with Gasteiger partial charge < -0.3 is 10.1 Å². The number of hydrogen-bond donors (Lipinski definition) is 1. The first kappa shape index (κ1) is 20.1. The standard InChI is InChI=1S/C22H18ClN3O3S/c1-13-24-21-20(16(12-30-21)14-7-9-15(29-2)10-8-14)22(28)26(13)11-19(27)25-18-6-4-3-5-17(18)23/h3-10,12H,11H2,1-2H3,(H,25,27). The Morgan fingerprint density at radius 2 is 1.93 bits per heavy atom. The molecule has 0 spiro atoms. The van der Waals surface area contributed by atoms with Crippen molar-refractivity contribution >= 4 is 44.7 Å². The van der Waals surface area contributed by atoms with Gasteiger partial charge in [0.15, 0.2) is 0 Å². The number of nitrogens with one attached hydrogen (secondary N) is 1. The molecule has 0 saturated carbocycles. The van der Waals surface area contributed by atoms with E-state index in [2.05, 4.69) is 10.3 Å². The smallest absolute Gasteiger partial charge is 0.263 e. The van der Waals surface area contributed by atoms with Crippen LogP contribution in [0.15, 0.2) is 58.7 Å². The average Bonchev–Trinajstić information content (AvgIpc) is 3.16. The normalized spacial score (nSPS) is 10.9. The van der Waals surface area contributed by atoms with Gasteiger partial charge in [0.1, 0.15) is 22.9 Å². The molecule has 8 heteroatoms. The van der Waals surface area contributed by atoms with Crippen molar-refractivity contribution in [1.82, 2.24) is 9.55 Å². The van der Waals surface area contributed by atoms with E-state index in [-0.39, 0.29) is 18.0 Å². The molecule has 6 nitrogen and oxygen atoms in total. The van der Waals surface area contributed by atoms with Crippen molar-refractivity contribution in [2.75, 3.05) is 12.4 Å². The van der Waals surface area contributed by atoms with E-state index in [1.54, 1.807) is 38.3 Å². The number of aromatic nitrogens is 2. The van der Waals surface area contributed by atoms with Gasteiger partial charge in [0.25, 0.3) is 5.56 Å². The van der Waals surface area contributed by atoms with Crippen LogP contribution in [0.4, 0.5) is 5.69 Å². The lowest BCUT2D eigenvalue weighted by atomic mass is 10.1. The molecule has 30 heavy (non-hydrogen) atoms. The number of nitrogens with zero attached hydrogens (tertiary/aromatic N) is 2. The van der Waals surface area contributed by atoms with E-state index in [9.17, 15) is 9.59 Å². The first-order valence-corrected chi connectivity index (χ1v) is 10.4. The summed E-state index contributed by atoms with van der Waals surface area (Å²) in [4.78, 5) is 31.0. The molecule has 4 aromatic rings. The lowest BCUT2D eigenvalue weighted by Gasteiger charge is -2.11. The van der Waals surface area contributed by atoms with E-state index in [0.29, 0.717) is 26.8 Å². The van der Waals surface area contributed by atoms with E-state index in [0.717, 1.165) is 16.9 Å². The molecule has 0 aliphatic rings. The zero-order chi connectivity index (χ0) is 21.3. The van der Waals surface area contributed by atoms with Crippen molar-refractivity contribution in [3.63, 3.8) is 0 Å². The fourth-order valence-electron chi connectivity index (χ4n) is 3.19. The van der Waals surface area contributed by atoms with Gasteiger partial charge in [0.2, 0.25) is 5.91 Å². The summed E-state index contributed by atoms with van der Waals surface area (Å²) in [5.41, 5.74) is 1.92. The lowest BCUT2D eigenvalue weighted by molar-refractivity contribution is -0.116. The maximum atomic E-state index is 13.3. The van der Waals surface area contributed by atoms with Gasteiger partial charge in [0, 0.05) is 10.9 Å². The third-order valence-corrected chi connectivity index (χ3v) is 5.94. The summed E-state index contributed by atoms with van der Waals surface area (Å²) >= 11 is 7.51. The third kappa shape index (κ3) is 3.81. The van der Waals surface area contributed by atoms with Crippen LogP contribution in [-0.2, 0) is 11.3 Å². The number of fused-ring (bicyclic) bond motifs is 1. The highest BCUT2D eigenvalue weighted by Crippen LogP contribution is 2.32. The summed E-state index contributed by atoms with van der Waals surface area (Å²) in [5.74, 6) is 0.863. The molecule has 0 aliphatic carbocycles. The number of ether oxygens (including phenoxy) is 1. The summed E-state index contributed by atoms with van der Waals surface area (Å²) in [6.07, 6.45) is 0. The largest absolute Gasteiger partial charge is 0.497 e. The highest BCUT2D eigenvalue weighted by molar-refractivity contribution is 7.17. The first-order chi connectivity index (χ1) is 14.5. The van der Waals surface area contributed by atoms with Gasteiger partial charge in [0.05, 0.1) is 23.2 Å². The van der Waals surface area contributed by atoms with Gasteiger partial charge in [-0.15, -0.1) is 11.3 Å². The molecule has 0 radical (unpaired) electrons. The van der Waals surface area contributed by atoms with Crippen molar-refractivity contribution < 1.29 is 9.53 Å². The second-order valence-electron chi connectivity index (χ2n) is 6.64. The van der Waals surface area contributed by atoms with Gasteiger partial charge in [-0.05, 0) is 36.8 Å². The minimum Gasteiger partial charge on any atom is -0.497 e. The number of carbonyl (C=O) groups excluding carboxylic acids is 1. The number of carbonyl (C=O) groups is 1. The highest BCUT2D eigenvalue weighted by atomic mass is 35.5. The number of benzene rings is 2. The predicted octanol–water partition coefficient (Wildman–Crippen LogP) is 4.73. The van der Waals surface area contributed by atoms with Crippen molar-refractivity contribution in [3.05, 3.63) is 75.1 Å². The molecule has 2 aromatic carbocycles. The predicted molar refractivity (Wildman–Crippen MR) is 121 cm³/mol. The summed E-state index contributed by atoms with van der Waals surface area (Å²) in [7, 11) is 1.61. The topological polar surface area (TPSA) is 73.2 Å². The van der Waals surface area contributed by atoms with Crippen LogP contribution in [0.3, 0.4) is 0 Å². The molecule has 0 unspecified atom stereocenters. The van der Waals surface area contributed by atoms with E-state index in [1.165, 1.54) is 15.9 Å². The Bertz CT molecular complexity index is 1300. The zero-order valence-electron chi connectivity index (χ0n) is 16.3. The van der Waals surface area contributed by atoms with E-state index < -0.39 is 0 Å². The van der Waals surface area contributed by atoms with Crippen LogP contribution >= 0.6 is 22.9 Å². The van der Waals surface area contributed by atoms with E-state index in [1.807, 2.05) is 29.6 Å². The van der Waals surface area contributed by atoms with Crippen LogP contribution in [0.1, 0.15) is 5.82 Å². The van der Waals surface area contributed by atoms with Crippen molar-refractivity contribution in [2.24, 2.45) is 0 Å². The van der Waals surface area contributed by atoms with Gasteiger partial charge in [-0.3, -0.25) is 14.2 Å². The monoisotopic (exact) mass is 439 g/mol. The Morgan fingerprint density at radius 1 is 1.20 bits per heavy atom. The van der Waals surface area contributed by atoms with Crippen molar-refractivity contribution in [3.8, 4) is 16.9 Å². The number of amides is 1. The third-order valence-electron chi connectivity index (χ3n) is 4.74. The Morgan fingerprint density at radius 3 is 2.63 bits per heavy atom. The van der Waals surface area contributed by atoms with Crippen LogP contribution in [0.5, 0.6) is 5.75 Å². The Balaban J connectivity index is 1.71. The molecule has 2 heterocycles. The minimum atomic E-state index is -0.351. The Labute approximate surface area is 181 Å². The number of thiophene rings is 1. The molecule has 0 fully saturated rings. The van der Waals surface area contributed by atoms with Crippen LogP contribution in [0.25, 0.3) is 21.3 Å². The maximum Gasteiger partial charge on any atom is 0.263 e. The van der Waals surface area contributed by atoms with Gasteiger partial charge in [-0.1, -0.05) is 35.9 Å². The van der Waals surface area contributed by atoms with Crippen LogP contribution in [-0.4, -0.2) is 22.6 Å². The van der Waals surface area contributed by atoms with Gasteiger partial charge >= 0.3 is 0 Å². The molecular formula is C22H18ClN3O3S. The number of methoxy groups -OCH3 is 1. The second kappa shape index (κ2) is 8.30. The summed E-state index contributed by atoms with van der Waals surface area (Å²) in [5, 5.41) is 5.59. The molecule has 4 rings (SSSR count). The number of rotatable bonds is 5. The maximum absolute atomic E-state index is 13.3. The van der Waals surface area contributed by atoms with Gasteiger partial charge in [-0.25, -0.2) is 4.98 Å². The fraction of sp³-hybridized carbons (Fsp3) is 0.136. The highest BCUT2D eigenvalue weighted by Gasteiger charge is 2.17. The molecule has 152 valence electrons. The first-order valence-electron chi connectivity index (χ1n) is 9.15. The van der Waals surface area contributed by atoms with Crippen LogP contribution in [0, 0.1) is 6.92 Å². The molecule has 1 amide bonds. The van der Waals surface area contributed by atoms with E-state index in [4.69, 9.17) is 16.3 Å². The zero-order valence-corrected chi connectivity index (χ0v) is 17.9. The molecule has 0 saturated heterocycles. The molecule has 2 aromatic heterocycles. The Kier molecular flexibility index (Phi) is 5.57. The number of hydrogen-bond acceptors (Lipinski definition) is 5. The number of anilines is 1. The van der Waals surface area contributed by atoms with E-state index >= 15 is 0 Å². The number of halogens is 1. The van der Waals surface area contributed by atoms with Gasteiger partial charge in [-0.2, -0.15) is 0 Å². The number of aryl methyl sites for hydroxylation is 1. The summed E-state index contributed by atoms with van der Waals surface area (Å²) < 4.78 is 6.59. The molecule has 0 atom stereocenters. The number of para-hydroxylation sites is 1. The molecule has 1 N–H and O–H groups in total. The lowest BCUT2D eigenvalue weighted by Crippen LogP contribution is -2.30. The van der Waals surface area contributed by atoms with Crippen molar-refractivity contribution in [2.45, 2.75) is 13.5 Å². The summed E-state index contributed by atoms with van der Waals surface area (Å²) in [6.45, 7) is 1.56. The average molecular weight is 440 g/mol. The van der Waals surface area contributed by atoms with Crippen LogP contribution < -0.4 is 15.6 Å². The fourth-order valence-corrected chi connectivity index (χ4v) is 4.36. The molecular weight excluding hydrogens is 422 g/mol. The SMILES string of the molecule is COc1ccc(-c2csc3nc(C)n(CC(=O)Nc4ccccc4Cl)c(=O)c23)cc1. The Hall–Kier alpha value is -3.16. The van der Waals surface area contributed by atoms with Crippen LogP contribution in [0.2, 0.25) is 5.02 Å². The summed E-state index contributed by atoms with van der Waals surface area (Å²) in [6, 6.07) is 14.4. The van der Waals surface area contributed by atoms with Crippen molar-refractivity contribution in [1.29, 1.82) is 0 Å².